The highest BCUT2D eigenvalue weighted by Gasteiger charge is 2.15. The molecule has 5 nitrogen and oxygen atoms in total. The summed E-state index contributed by atoms with van der Waals surface area (Å²) >= 11 is 0. The standard InChI is InChI=1S/C11H21NO4S/c1-11-12(8-6-9-16-11)7-4-2-3-5-10-17(13,14)15/h2-10H2,1H3. The van der Waals surface area contributed by atoms with Gasteiger partial charge >= 0.3 is 5.90 Å². The molecule has 17 heavy (non-hydrogen) atoms. The van der Waals surface area contributed by atoms with Crippen LogP contribution in [0.3, 0.4) is 0 Å². The number of nitrogens with zero attached hydrogens (tertiary/aromatic N) is 1. The Bertz CT molecular complexity index is 362. The van der Waals surface area contributed by atoms with Gasteiger partial charge in [0.15, 0.2) is 0 Å². The van der Waals surface area contributed by atoms with Crippen LogP contribution in [0.5, 0.6) is 0 Å². The highest BCUT2D eigenvalue weighted by atomic mass is 32.2. The predicted molar refractivity (Wildman–Crippen MR) is 64.3 cm³/mol. The number of hydrogen-bond donors (Lipinski definition) is 0. The molecule has 0 fully saturated rings. The summed E-state index contributed by atoms with van der Waals surface area (Å²) in [6, 6.07) is 0. The van der Waals surface area contributed by atoms with Gasteiger partial charge in [0.2, 0.25) is 0 Å². The van der Waals surface area contributed by atoms with Crippen molar-refractivity contribution in [3.63, 3.8) is 0 Å². The van der Waals surface area contributed by atoms with E-state index in [2.05, 4.69) is 4.58 Å². The molecule has 0 aromatic carbocycles. The summed E-state index contributed by atoms with van der Waals surface area (Å²) < 4.78 is 38.8. The minimum absolute atomic E-state index is 0.231. The van der Waals surface area contributed by atoms with Crippen molar-refractivity contribution in [1.82, 2.24) is 0 Å². The molecular formula is C11H21NO4S. The maximum Gasteiger partial charge on any atom is 0.333 e. The first-order chi connectivity index (χ1) is 7.99. The van der Waals surface area contributed by atoms with Crippen molar-refractivity contribution in [3.8, 4) is 0 Å². The van der Waals surface area contributed by atoms with E-state index in [9.17, 15) is 13.0 Å². The van der Waals surface area contributed by atoms with Gasteiger partial charge in [-0.05, 0) is 12.8 Å². The zero-order valence-electron chi connectivity index (χ0n) is 10.4. The lowest BCUT2D eigenvalue weighted by Crippen LogP contribution is -2.29. The zero-order chi connectivity index (χ0) is 12.7. The van der Waals surface area contributed by atoms with E-state index in [4.69, 9.17) is 4.74 Å². The zero-order valence-corrected chi connectivity index (χ0v) is 11.2. The molecule has 0 saturated carbocycles. The van der Waals surface area contributed by atoms with Crippen LogP contribution in [0.1, 0.15) is 39.0 Å². The first kappa shape index (κ1) is 14.4. The maximum atomic E-state index is 10.4. The molecule has 1 rings (SSSR count). The van der Waals surface area contributed by atoms with Crippen LogP contribution in [0.4, 0.5) is 0 Å². The molecule has 1 aliphatic rings. The summed E-state index contributed by atoms with van der Waals surface area (Å²) in [6.07, 6.45) is 4.31. The summed E-state index contributed by atoms with van der Waals surface area (Å²) in [4.78, 5) is 0. The third-order valence-electron chi connectivity index (χ3n) is 2.90. The van der Waals surface area contributed by atoms with Crippen molar-refractivity contribution in [2.75, 3.05) is 25.4 Å². The third kappa shape index (κ3) is 6.63. The highest BCUT2D eigenvalue weighted by Crippen LogP contribution is 2.04. The Morgan fingerprint density at radius 2 is 2.00 bits per heavy atom. The fourth-order valence-electron chi connectivity index (χ4n) is 1.93. The van der Waals surface area contributed by atoms with E-state index in [1.807, 2.05) is 6.92 Å². The fourth-order valence-corrected chi connectivity index (χ4v) is 2.49. The summed E-state index contributed by atoms with van der Waals surface area (Å²) in [6.45, 7) is 4.78. The summed E-state index contributed by atoms with van der Waals surface area (Å²) in [7, 11) is -4.03. The molecule has 0 saturated heterocycles. The Balaban J connectivity index is 2.08. The van der Waals surface area contributed by atoms with E-state index in [1.165, 1.54) is 0 Å². The number of unbranched alkanes of at least 4 members (excludes halogenated alkanes) is 3. The Kier molecular flexibility index (Phi) is 5.91. The molecule has 0 aromatic rings. The van der Waals surface area contributed by atoms with Gasteiger partial charge in [0.1, 0.15) is 13.1 Å². The first-order valence-corrected chi connectivity index (χ1v) is 7.71. The van der Waals surface area contributed by atoms with E-state index in [-0.39, 0.29) is 5.75 Å². The van der Waals surface area contributed by atoms with Crippen LogP contribution in [0.25, 0.3) is 0 Å². The molecule has 0 unspecified atom stereocenters. The van der Waals surface area contributed by atoms with Crippen molar-refractivity contribution in [1.29, 1.82) is 0 Å². The lowest BCUT2D eigenvalue weighted by atomic mass is 10.2. The largest absolute Gasteiger partial charge is 0.748 e. The van der Waals surface area contributed by atoms with Crippen molar-refractivity contribution >= 4 is 16.0 Å². The predicted octanol–water partition coefficient (Wildman–Crippen LogP) is 0.943. The first-order valence-electron chi connectivity index (χ1n) is 6.14. The van der Waals surface area contributed by atoms with Gasteiger partial charge in [-0.25, -0.2) is 13.0 Å². The number of ether oxygens (including phenoxy) is 1. The molecule has 0 aliphatic carbocycles. The Hall–Kier alpha value is -0.620. The van der Waals surface area contributed by atoms with E-state index >= 15 is 0 Å². The van der Waals surface area contributed by atoms with Crippen molar-refractivity contribution in [2.24, 2.45) is 0 Å². The van der Waals surface area contributed by atoms with Crippen molar-refractivity contribution in [2.45, 2.75) is 39.0 Å². The molecule has 100 valence electrons. The van der Waals surface area contributed by atoms with Gasteiger partial charge in [0.05, 0.1) is 23.6 Å². The van der Waals surface area contributed by atoms with Gasteiger partial charge in [0, 0.05) is 18.6 Å². The van der Waals surface area contributed by atoms with E-state index in [0.717, 1.165) is 51.3 Å². The van der Waals surface area contributed by atoms with Gasteiger partial charge < -0.3 is 9.29 Å². The topological polar surface area (TPSA) is 69.4 Å². The van der Waals surface area contributed by atoms with Gasteiger partial charge in [-0.1, -0.05) is 6.42 Å². The molecule has 1 aliphatic heterocycles. The van der Waals surface area contributed by atoms with Crippen molar-refractivity contribution in [3.05, 3.63) is 0 Å². The molecule has 0 amide bonds. The monoisotopic (exact) mass is 263 g/mol. The molecule has 0 atom stereocenters. The second kappa shape index (κ2) is 6.96. The third-order valence-corrected chi connectivity index (χ3v) is 3.69. The quantitative estimate of drug-likeness (QED) is 0.389. The van der Waals surface area contributed by atoms with Crippen LogP contribution in [-0.4, -0.2) is 48.9 Å². The van der Waals surface area contributed by atoms with Gasteiger partial charge in [-0.3, -0.25) is 0 Å². The van der Waals surface area contributed by atoms with Crippen LogP contribution >= 0.6 is 0 Å². The summed E-state index contributed by atoms with van der Waals surface area (Å²) in [5, 5.41) is 0. The second-order valence-electron chi connectivity index (χ2n) is 4.38. The smallest absolute Gasteiger partial charge is 0.333 e. The lowest BCUT2D eigenvalue weighted by Gasteiger charge is -2.13. The minimum Gasteiger partial charge on any atom is -0.748 e. The molecule has 1 heterocycles. The van der Waals surface area contributed by atoms with Crippen molar-refractivity contribution < 1.29 is 22.3 Å². The number of hydrogen-bond acceptors (Lipinski definition) is 4. The molecular weight excluding hydrogens is 242 g/mol. The van der Waals surface area contributed by atoms with Crippen LogP contribution in [0.15, 0.2) is 0 Å². The van der Waals surface area contributed by atoms with Crippen LogP contribution in [-0.2, 0) is 14.9 Å². The Morgan fingerprint density at radius 3 is 2.65 bits per heavy atom. The molecule has 0 aromatic heterocycles. The number of rotatable bonds is 7. The Labute approximate surface area is 103 Å². The molecule has 0 spiro atoms. The van der Waals surface area contributed by atoms with Crippen LogP contribution < -0.4 is 0 Å². The van der Waals surface area contributed by atoms with E-state index in [1.54, 1.807) is 0 Å². The summed E-state index contributed by atoms with van der Waals surface area (Å²) in [5.74, 6) is 0.753. The highest BCUT2D eigenvalue weighted by molar-refractivity contribution is 7.85. The fraction of sp³-hybridized carbons (Fsp3) is 0.909. The van der Waals surface area contributed by atoms with Crippen LogP contribution in [0.2, 0.25) is 0 Å². The molecule has 6 heteroatoms. The molecule has 0 N–H and O–H groups in total. The normalized spacial score (nSPS) is 17.1. The maximum absolute atomic E-state index is 10.4. The average Bonchev–Trinajstić information content (AvgIpc) is 2.24. The minimum atomic E-state index is -4.03. The van der Waals surface area contributed by atoms with Gasteiger partial charge in [-0.2, -0.15) is 0 Å². The molecule has 0 radical (unpaired) electrons. The van der Waals surface area contributed by atoms with E-state index in [0.29, 0.717) is 6.42 Å². The van der Waals surface area contributed by atoms with Crippen LogP contribution in [0, 0.1) is 0 Å². The average molecular weight is 263 g/mol. The second-order valence-corrected chi connectivity index (χ2v) is 5.91. The SMILES string of the molecule is CC1=[N+](CCCCCCS(=O)(=O)[O-])CCCO1. The Morgan fingerprint density at radius 1 is 1.29 bits per heavy atom. The summed E-state index contributed by atoms with van der Waals surface area (Å²) in [5.41, 5.74) is 0. The lowest BCUT2D eigenvalue weighted by molar-refractivity contribution is -0.545. The van der Waals surface area contributed by atoms with Gasteiger partial charge in [-0.15, -0.1) is 0 Å². The van der Waals surface area contributed by atoms with Gasteiger partial charge in [0.25, 0.3) is 0 Å². The van der Waals surface area contributed by atoms with E-state index < -0.39 is 10.1 Å². The molecule has 0 bridgehead atoms.